The molecule has 2 aliphatic rings. The van der Waals surface area contributed by atoms with Gasteiger partial charge in [0.2, 0.25) is 0 Å². The summed E-state index contributed by atoms with van der Waals surface area (Å²) < 4.78 is 48.8. The summed E-state index contributed by atoms with van der Waals surface area (Å²) in [7, 11) is -7.85. The van der Waals surface area contributed by atoms with Crippen LogP contribution < -0.4 is 0 Å². The molecule has 0 radical (unpaired) electrons. The first-order valence-corrected chi connectivity index (χ1v) is 31.8. The van der Waals surface area contributed by atoms with Gasteiger partial charge in [-0.1, -0.05) is 134 Å². The molecule has 2 aliphatic carbocycles. The third-order valence-electron chi connectivity index (χ3n) is 13.8. The van der Waals surface area contributed by atoms with Gasteiger partial charge in [0.25, 0.3) is 10.1 Å². The van der Waals surface area contributed by atoms with Crippen LogP contribution in [0, 0.1) is 25.9 Å². The van der Waals surface area contributed by atoms with Gasteiger partial charge in [-0.2, -0.15) is 8.42 Å². The zero-order valence-corrected chi connectivity index (χ0v) is 45.7. The van der Waals surface area contributed by atoms with Crippen LogP contribution in [0.1, 0.15) is 147 Å². The minimum atomic E-state index is -3.94. The van der Waals surface area contributed by atoms with E-state index in [2.05, 4.69) is 125 Å². The van der Waals surface area contributed by atoms with Crippen LogP contribution in [0.4, 0.5) is 0 Å². The van der Waals surface area contributed by atoms with Crippen LogP contribution in [0.25, 0.3) is 0 Å². The predicted octanol–water partition coefficient (Wildman–Crippen LogP) is 15.1. The van der Waals surface area contributed by atoms with E-state index < -0.39 is 39.0 Å². The normalized spacial score (nSPS) is 18.6. The minimum Gasteiger partial charge on any atom is -0.414 e. The Morgan fingerprint density at radius 3 is 1.45 bits per heavy atom. The highest BCUT2D eigenvalue weighted by Crippen LogP contribution is 2.44. The van der Waals surface area contributed by atoms with E-state index in [4.69, 9.17) is 13.0 Å². The van der Waals surface area contributed by atoms with E-state index in [9.17, 15) is 13.5 Å². The van der Waals surface area contributed by atoms with Crippen molar-refractivity contribution in [1.82, 2.24) is 0 Å². The van der Waals surface area contributed by atoms with Crippen molar-refractivity contribution in [2.45, 2.75) is 191 Å². The standard InChI is InChI=1S/C28H41IO4SSi.C21H35IO2Si/c1-21-16-18-23(19-17-21)34(30,31)32-27(24-14-10-11-15-25(24)29)20-26(22-12-8-7-9-13-22)33-35(5,6)28(2,3)4;1-21(2,3)25(4,5)24-20(16-11-7-6-8-12-16)15-19(23)17-13-9-10-14-18(17)22/h10-11,14-19,22,26-27H,7-9,12-13,20H2,1-6H3;9-10,13-14,16,19-20,23H,6-8,11-12,15H2,1-5H3/t26-,27+;19-,20+/m01/s1. The van der Waals surface area contributed by atoms with Gasteiger partial charge in [0, 0.05) is 20.0 Å². The molecule has 5 rings (SSSR count). The first kappa shape index (κ1) is 52.0. The summed E-state index contributed by atoms with van der Waals surface area (Å²) in [5, 5.41) is 11.2. The quantitative estimate of drug-likeness (QED) is 0.0928. The van der Waals surface area contributed by atoms with Crippen LogP contribution in [-0.4, -0.2) is 42.4 Å². The Morgan fingerprint density at radius 1 is 0.633 bits per heavy atom. The van der Waals surface area contributed by atoms with Gasteiger partial charge >= 0.3 is 0 Å². The summed E-state index contributed by atoms with van der Waals surface area (Å²) in [6, 6.07) is 23.0. The molecule has 2 fully saturated rings. The van der Waals surface area contributed by atoms with Crippen LogP contribution in [-0.2, 0) is 23.2 Å². The van der Waals surface area contributed by atoms with Crippen LogP contribution >= 0.6 is 45.2 Å². The number of hydrogen-bond donors (Lipinski definition) is 1. The van der Waals surface area contributed by atoms with Gasteiger partial charge in [0.05, 0.1) is 23.2 Å². The maximum Gasteiger partial charge on any atom is 0.297 e. The third kappa shape index (κ3) is 15.0. The molecule has 0 unspecified atom stereocenters. The predicted molar refractivity (Wildman–Crippen MR) is 272 cm³/mol. The van der Waals surface area contributed by atoms with E-state index in [1.54, 1.807) is 12.1 Å². The summed E-state index contributed by atoms with van der Waals surface area (Å²) in [6.45, 7) is 24.9. The summed E-state index contributed by atoms with van der Waals surface area (Å²) in [6.07, 6.45) is 12.7. The molecule has 1 N–H and O–H groups in total. The average Bonchev–Trinajstić information content (AvgIpc) is 3.17. The maximum atomic E-state index is 13.4. The van der Waals surface area contributed by atoms with E-state index in [1.165, 1.54) is 51.4 Å². The van der Waals surface area contributed by atoms with Crippen LogP contribution in [0.15, 0.2) is 77.7 Å². The van der Waals surface area contributed by atoms with Crippen molar-refractivity contribution in [2.24, 2.45) is 11.8 Å². The van der Waals surface area contributed by atoms with Gasteiger partial charge in [-0.15, -0.1) is 0 Å². The molecule has 0 amide bonds. The molecule has 336 valence electrons. The molecule has 0 aliphatic heterocycles. The molecule has 3 aromatic carbocycles. The average molecular weight is 1100 g/mol. The Bertz CT molecular complexity index is 1880. The van der Waals surface area contributed by atoms with Crippen molar-refractivity contribution in [3.05, 3.63) is 96.6 Å². The molecule has 3 aromatic rings. The Morgan fingerprint density at radius 2 is 1.03 bits per heavy atom. The summed E-state index contributed by atoms with van der Waals surface area (Å²) in [4.78, 5) is 0.193. The number of hydrogen-bond acceptors (Lipinski definition) is 6. The highest BCUT2D eigenvalue weighted by molar-refractivity contribution is 14.1. The molecule has 0 heterocycles. The zero-order chi connectivity index (χ0) is 44.5. The molecule has 0 bridgehead atoms. The first-order chi connectivity index (χ1) is 27.9. The van der Waals surface area contributed by atoms with Crippen molar-refractivity contribution < 1.29 is 26.6 Å². The van der Waals surface area contributed by atoms with E-state index >= 15 is 0 Å². The highest BCUT2D eigenvalue weighted by Gasteiger charge is 2.43. The lowest BCUT2D eigenvalue weighted by molar-refractivity contribution is 0.0377. The van der Waals surface area contributed by atoms with Crippen molar-refractivity contribution in [3.8, 4) is 0 Å². The number of halogens is 2. The van der Waals surface area contributed by atoms with Crippen LogP contribution in [0.2, 0.25) is 36.3 Å². The summed E-state index contributed by atoms with van der Waals surface area (Å²) >= 11 is 4.61. The molecule has 0 spiro atoms. The molecule has 0 aromatic heterocycles. The lowest BCUT2D eigenvalue weighted by Gasteiger charge is -2.43. The van der Waals surface area contributed by atoms with Gasteiger partial charge in [-0.3, -0.25) is 4.18 Å². The first-order valence-electron chi connectivity index (χ1n) is 22.4. The number of aliphatic hydroxyl groups is 1. The number of rotatable bonds is 15. The van der Waals surface area contributed by atoms with Gasteiger partial charge in [0.1, 0.15) is 6.10 Å². The van der Waals surface area contributed by atoms with Crippen molar-refractivity contribution in [2.75, 3.05) is 0 Å². The fourth-order valence-electron chi connectivity index (χ4n) is 7.97. The van der Waals surface area contributed by atoms with E-state index in [-0.39, 0.29) is 27.2 Å². The second kappa shape index (κ2) is 22.5. The van der Waals surface area contributed by atoms with Crippen molar-refractivity contribution >= 4 is 71.9 Å². The molecule has 2 saturated carbocycles. The zero-order valence-electron chi connectivity index (χ0n) is 38.5. The maximum absolute atomic E-state index is 13.4. The van der Waals surface area contributed by atoms with Crippen LogP contribution in [0.5, 0.6) is 0 Å². The monoisotopic (exact) mass is 1100 g/mol. The fourth-order valence-corrected chi connectivity index (χ4v) is 13.3. The van der Waals surface area contributed by atoms with E-state index in [0.29, 0.717) is 18.3 Å². The van der Waals surface area contributed by atoms with E-state index in [1.807, 2.05) is 55.5 Å². The molecular formula is C49H76I2O6SSi2. The molecule has 4 atom stereocenters. The summed E-state index contributed by atoms with van der Waals surface area (Å²) in [5.74, 6) is 1.02. The van der Waals surface area contributed by atoms with E-state index in [0.717, 1.165) is 43.1 Å². The molecule has 60 heavy (non-hydrogen) atoms. The Labute approximate surface area is 394 Å². The third-order valence-corrected chi connectivity index (χ3v) is 26.1. The van der Waals surface area contributed by atoms with Crippen molar-refractivity contribution in [1.29, 1.82) is 0 Å². The summed E-state index contributed by atoms with van der Waals surface area (Å²) in [5.41, 5.74) is 2.96. The second-order valence-corrected chi connectivity index (χ2v) is 33.9. The van der Waals surface area contributed by atoms with Gasteiger partial charge in [-0.25, -0.2) is 0 Å². The largest absolute Gasteiger partial charge is 0.414 e. The van der Waals surface area contributed by atoms with Gasteiger partial charge in [-0.05, 0) is 161 Å². The van der Waals surface area contributed by atoms with Gasteiger partial charge < -0.3 is 14.0 Å². The smallest absolute Gasteiger partial charge is 0.297 e. The topological polar surface area (TPSA) is 82.1 Å². The number of aliphatic hydroxyl groups excluding tert-OH is 1. The number of aryl methyl sites for hydroxylation is 1. The van der Waals surface area contributed by atoms with Crippen LogP contribution in [0.3, 0.4) is 0 Å². The van der Waals surface area contributed by atoms with Gasteiger partial charge in [0.15, 0.2) is 16.6 Å². The van der Waals surface area contributed by atoms with Crippen molar-refractivity contribution in [3.63, 3.8) is 0 Å². The lowest BCUT2D eigenvalue weighted by atomic mass is 9.83. The number of benzene rings is 3. The Kier molecular flexibility index (Phi) is 19.5. The second-order valence-electron chi connectivity index (χ2n) is 20.5. The molecule has 6 nitrogen and oxygen atoms in total. The minimum absolute atomic E-state index is 0.0367. The molecule has 0 saturated heterocycles. The highest BCUT2D eigenvalue weighted by atomic mass is 127. The SMILES string of the molecule is CC(C)(C)[Si](C)(C)O[C@@H](C[C@@H](O)c1ccccc1I)C1CCCCC1.Cc1ccc(S(=O)(=O)O[C@H](C[C@H](O[Si](C)(C)C(C)(C)C)C2CCCCC2)c2ccccc2I)cc1. The Balaban J connectivity index is 0.000000280. The Hall–Kier alpha value is -0.656. The fraction of sp³-hybridized carbons (Fsp3) is 0.633. The molecular weight excluding hydrogens is 1030 g/mol. The molecule has 11 heteroatoms. The lowest BCUT2D eigenvalue weighted by Crippen LogP contribution is -2.46.